The second kappa shape index (κ2) is 5.52. The Labute approximate surface area is 134 Å². The average Bonchev–Trinajstić information content (AvgIpc) is 2.97. The van der Waals surface area contributed by atoms with Gasteiger partial charge in [-0.1, -0.05) is 11.6 Å². The third-order valence-corrected chi connectivity index (χ3v) is 4.72. The Balaban J connectivity index is 1.99. The van der Waals surface area contributed by atoms with Crippen molar-refractivity contribution in [3.05, 3.63) is 47.0 Å². The van der Waals surface area contributed by atoms with Crippen LogP contribution in [0.4, 0.5) is 5.69 Å². The summed E-state index contributed by atoms with van der Waals surface area (Å²) < 4.78 is 31.8. The second-order valence-electron chi connectivity index (χ2n) is 4.49. The Bertz CT molecular complexity index is 998. The summed E-state index contributed by atoms with van der Waals surface area (Å²) in [5.41, 5.74) is 0.389. The molecule has 0 aliphatic rings. The number of sulfonamides is 1. The number of anilines is 1. The van der Waals surface area contributed by atoms with Crippen LogP contribution in [0.25, 0.3) is 11.0 Å². The van der Waals surface area contributed by atoms with Crippen LogP contribution in [0.15, 0.2) is 45.9 Å². The fourth-order valence-corrected chi connectivity index (χ4v) is 3.30. The van der Waals surface area contributed by atoms with E-state index in [1.807, 2.05) is 0 Å². The Morgan fingerprint density at radius 1 is 1.09 bits per heavy atom. The van der Waals surface area contributed by atoms with Crippen LogP contribution in [0.2, 0.25) is 5.02 Å². The Hall–Kier alpha value is -2.65. The Morgan fingerprint density at radius 2 is 1.74 bits per heavy atom. The summed E-state index contributed by atoms with van der Waals surface area (Å²) in [5, 5.41) is 16.2. The first-order chi connectivity index (χ1) is 10.9. The van der Waals surface area contributed by atoms with Gasteiger partial charge in [-0.3, -0.25) is 4.72 Å². The fourth-order valence-electron chi connectivity index (χ4n) is 1.92. The molecule has 2 aromatic carbocycles. The maximum absolute atomic E-state index is 12.5. The van der Waals surface area contributed by atoms with Crippen LogP contribution in [0.5, 0.6) is 0 Å². The van der Waals surface area contributed by atoms with Crippen LogP contribution in [-0.2, 0) is 10.0 Å². The molecule has 8 nitrogen and oxygen atoms in total. The molecule has 0 amide bonds. The molecule has 23 heavy (non-hydrogen) atoms. The van der Waals surface area contributed by atoms with Gasteiger partial charge in [0.1, 0.15) is 4.90 Å². The van der Waals surface area contributed by atoms with E-state index in [0.29, 0.717) is 0 Å². The molecule has 1 aromatic heterocycles. The van der Waals surface area contributed by atoms with Gasteiger partial charge >= 0.3 is 5.97 Å². The lowest BCUT2D eigenvalue weighted by molar-refractivity contribution is 0.0697. The second-order valence-corrected chi connectivity index (χ2v) is 6.55. The van der Waals surface area contributed by atoms with E-state index >= 15 is 0 Å². The minimum atomic E-state index is -3.98. The number of carbonyl (C=O) groups is 1. The number of aromatic carboxylic acids is 1. The number of nitrogens with zero attached hydrogens (tertiary/aromatic N) is 2. The monoisotopic (exact) mass is 353 g/mol. The van der Waals surface area contributed by atoms with Crippen molar-refractivity contribution in [3.8, 4) is 0 Å². The van der Waals surface area contributed by atoms with Gasteiger partial charge in [0, 0.05) is 5.69 Å². The first-order valence-electron chi connectivity index (χ1n) is 6.15. The third kappa shape index (κ3) is 2.83. The lowest BCUT2D eigenvalue weighted by atomic mass is 10.2. The first-order valence-corrected chi connectivity index (χ1v) is 8.01. The quantitative estimate of drug-likeness (QED) is 0.738. The van der Waals surface area contributed by atoms with Crippen LogP contribution in [-0.4, -0.2) is 29.8 Å². The third-order valence-electron chi connectivity index (χ3n) is 3.00. The molecule has 0 spiro atoms. The molecular weight excluding hydrogens is 346 g/mol. The molecule has 2 N–H and O–H groups in total. The van der Waals surface area contributed by atoms with Crippen LogP contribution in [0.3, 0.4) is 0 Å². The summed E-state index contributed by atoms with van der Waals surface area (Å²) in [6.07, 6.45) is 0. The lowest BCUT2D eigenvalue weighted by Crippen LogP contribution is -2.13. The molecule has 3 aromatic rings. The van der Waals surface area contributed by atoms with Crippen molar-refractivity contribution in [1.29, 1.82) is 0 Å². The molecule has 118 valence electrons. The fraction of sp³-hybridized carbons (Fsp3) is 0. The molecule has 0 bridgehead atoms. The first kappa shape index (κ1) is 15.3. The van der Waals surface area contributed by atoms with Gasteiger partial charge in [0.2, 0.25) is 0 Å². The zero-order chi connectivity index (χ0) is 16.6. The summed E-state index contributed by atoms with van der Waals surface area (Å²) in [5.74, 6) is -1.10. The van der Waals surface area contributed by atoms with Crippen molar-refractivity contribution >= 4 is 44.3 Å². The molecule has 0 saturated heterocycles. The number of fused-ring (bicyclic) bond motifs is 1. The highest BCUT2D eigenvalue weighted by atomic mass is 35.5. The Morgan fingerprint density at radius 3 is 2.39 bits per heavy atom. The molecule has 0 radical (unpaired) electrons. The number of benzene rings is 2. The highest BCUT2D eigenvalue weighted by Gasteiger charge is 2.22. The predicted octanol–water partition coefficient (Wildman–Crippen LogP) is 2.38. The SMILES string of the molecule is O=C(O)c1ccc(NS(=O)(=O)c2ccc(Cl)c3nonc23)cc1. The lowest BCUT2D eigenvalue weighted by Gasteiger charge is -2.08. The van der Waals surface area contributed by atoms with E-state index in [9.17, 15) is 13.2 Å². The standard InChI is InChI=1S/C13H8ClN3O5S/c14-9-5-6-10(12-11(9)15-22-16-12)23(20,21)17-8-3-1-7(2-4-8)13(18)19/h1-6,17H,(H,18,19). The van der Waals surface area contributed by atoms with Crippen LogP contribution >= 0.6 is 11.6 Å². The molecule has 0 unspecified atom stereocenters. The van der Waals surface area contributed by atoms with Gasteiger partial charge < -0.3 is 5.11 Å². The molecule has 0 fully saturated rings. The van der Waals surface area contributed by atoms with E-state index in [0.717, 1.165) is 0 Å². The van der Waals surface area contributed by atoms with E-state index in [1.54, 1.807) is 0 Å². The number of nitrogens with one attached hydrogen (secondary N) is 1. The van der Waals surface area contributed by atoms with Gasteiger partial charge in [-0.25, -0.2) is 17.8 Å². The van der Waals surface area contributed by atoms with Crippen LogP contribution in [0.1, 0.15) is 10.4 Å². The van der Waals surface area contributed by atoms with Crippen molar-refractivity contribution in [2.24, 2.45) is 0 Å². The molecule has 0 aliphatic carbocycles. The molecule has 1 heterocycles. The molecular formula is C13H8ClN3O5S. The maximum atomic E-state index is 12.5. The number of aromatic nitrogens is 2. The molecule has 0 atom stereocenters. The van der Waals surface area contributed by atoms with Crippen LogP contribution in [0, 0.1) is 0 Å². The minimum Gasteiger partial charge on any atom is -0.478 e. The minimum absolute atomic E-state index is 0.00663. The largest absolute Gasteiger partial charge is 0.478 e. The van der Waals surface area contributed by atoms with E-state index < -0.39 is 16.0 Å². The van der Waals surface area contributed by atoms with E-state index in [-0.39, 0.29) is 32.2 Å². The zero-order valence-corrected chi connectivity index (χ0v) is 12.8. The van der Waals surface area contributed by atoms with Gasteiger partial charge in [-0.05, 0) is 46.7 Å². The summed E-state index contributed by atoms with van der Waals surface area (Å²) in [6, 6.07) is 7.91. The van der Waals surface area contributed by atoms with E-state index in [2.05, 4.69) is 19.7 Å². The van der Waals surface area contributed by atoms with Crippen molar-refractivity contribution < 1.29 is 22.9 Å². The number of carboxylic acids is 1. The van der Waals surface area contributed by atoms with Gasteiger partial charge in [0.05, 0.1) is 10.6 Å². The molecule has 0 aliphatic heterocycles. The topological polar surface area (TPSA) is 122 Å². The summed E-state index contributed by atoms with van der Waals surface area (Å²) in [4.78, 5) is 10.6. The number of carboxylic acid groups (broad SMARTS) is 1. The van der Waals surface area contributed by atoms with E-state index in [1.165, 1.54) is 36.4 Å². The smallest absolute Gasteiger partial charge is 0.335 e. The van der Waals surface area contributed by atoms with Crippen molar-refractivity contribution in [2.75, 3.05) is 4.72 Å². The number of rotatable bonds is 4. The normalized spacial score (nSPS) is 11.5. The molecule has 10 heteroatoms. The average molecular weight is 354 g/mol. The maximum Gasteiger partial charge on any atom is 0.335 e. The van der Waals surface area contributed by atoms with Crippen molar-refractivity contribution in [2.45, 2.75) is 4.90 Å². The summed E-state index contributed by atoms with van der Waals surface area (Å²) in [6.45, 7) is 0. The summed E-state index contributed by atoms with van der Waals surface area (Å²) in [7, 11) is -3.98. The highest BCUT2D eigenvalue weighted by molar-refractivity contribution is 7.93. The number of hydrogen-bond donors (Lipinski definition) is 2. The van der Waals surface area contributed by atoms with Gasteiger partial charge in [-0.15, -0.1) is 0 Å². The van der Waals surface area contributed by atoms with Gasteiger partial charge in [0.25, 0.3) is 10.0 Å². The predicted molar refractivity (Wildman–Crippen MR) is 81.0 cm³/mol. The van der Waals surface area contributed by atoms with Gasteiger partial charge in [0.15, 0.2) is 11.0 Å². The van der Waals surface area contributed by atoms with Gasteiger partial charge in [-0.2, -0.15) is 0 Å². The van der Waals surface area contributed by atoms with Crippen molar-refractivity contribution in [3.63, 3.8) is 0 Å². The molecule has 3 rings (SSSR count). The van der Waals surface area contributed by atoms with Crippen LogP contribution < -0.4 is 4.72 Å². The summed E-state index contributed by atoms with van der Waals surface area (Å²) >= 11 is 5.89. The van der Waals surface area contributed by atoms with E-state index in [4.69, 9.17) is 16.7 Å². The Kier molecular flexibility index (Phi) is 3.66. The number of hydrogen-bond acceptors (Lipinski definition) is 6. The zero-order valence-electron chi connectivity index (χ0n) is 11.2. The molecule has 0 saturated carbocycles. The van der Waals surface area contributed by atoms with Crippen molar-refractivity contribution in [1.82, 2.24) is 10.3 Å². The number of halogens is 1. The highest BCUT2D eigenvalue weighted by Crippen LogP contribution is 2.27.